The van der Waals surface area contributed by atoms with E-state index in [1.165, 1.54) is 0 Å². The fourth-order valence-electron chi connectivity index (χ4n) is 1.93. The summed E-state index contributed by atoms with van der Waals surface area (Å²) in [4.78, 5) is 12.1. The van der Waals surface area contributed by atoms with Gasteiger partial charge in [0.25, 0.3) is 0 Å². The summed E-state index contributed by atoms with van der Waals surface area (Å²) in [5, 5.41) is 0.649. The third-order valence-electron chi connectivity index (χ3n) is 2.98. The summed E-state index contributed by atoms with van der Waals surface area (Å²) in [5.41, 5.74) is 2.49. The lowest BCUT2D eigenvalue weighted by Gasteiger charge is -2.05. The van der Waals surface area contributed by atoms with Crippen molar-refractivity contribution in [3.05, 3.63) is 70.2 Å². The van der Waals surface area contributed by atoms with E-state index in [9.17, 15) is 9.00 Å². The molecule has 0 amide bonds. The minimum absolute atomic E-state index is 0.0491. The molecule has 0 aromatic heterocycles. The SMILES string of the molecule is Cc1ccccc1C(=O)CS(=O)Cc1ccc(Cl)cc1. The normalized spacial score (nSPS) is 12.1. The van der Waals surface area contributed by atoms with Crippen LogP contribution in [0.3, 0.4) is 0 Å². The van der Waals surface area contributed by atoms with Crippen molar-refractivity contribution < 1.29 is 9.00 Å². The molecule has 0 aliphatic heterocycles. The van der Waals surface area contributed by atoms with E-state index in [0.717, 1.165) is 11.1 Å². The molecular weight excluding hydrogens is 292 g/mol. The Morgan fingerprint density at radius 2 is 1.75 bits per heavy atom. The summed E-state index contributed by atoms with van der Waals surface area (Å²) >= 11 is 5.80. The van der Waals surface area contributed by atoms with Crippen molar-refractivity contribution >= 4 is 28.2 Å². The quantitative estimate of drug-likeness (QED) is 0.788. The molecule has 0 aliphatic carbocycles. The monoisotopic (exact) mass is 306 g/mol. The molecule has 1 unspecified atom stereocenters. The average molecular weight is 307 g/mol. The predicted octanol–water partition coefficient (Wildman–Crippen LogP) is 3.78. The van der Waals surface area contributed by atoms with Gasteiger partial charge in [0.1, 0.15) is 0 Å². The Kier molecular flexibility index (Phi) is 5.10. The minimum atomic E-state index is -1.21. The Bertz CT molecular complexity index is 635. The fraction of sp³-hybridized carbons (Fsp3) is 0.188. The van der Waals surface area contributed by atoms with E-state index in [0.29, 0.717) is 16.3 Å². The second kappa shape index (κ2) is 6.82. The Morgan fingerprint density at radius 1 is 1.10 bits per heavy atom. The van der Waals surface area contributed by atoms with Crippen LogP contribution in [0.25, 0.3) is 0 Å². The lowest BCUT2D eigenvalue weighted by molar-refractivity contribution is 0.102. The molecular formula is C16H15ClO2S. The van der Waals surface area contributed by atoms with E-state index < -0.39 is 10.8 Å². The first-order valence-electron chi connectivity index (χ1n) is 6.24. The predicted molar refractivity (Wildman–Crippen MR) is 83.7 cm³/mol. The van der Waals surface area contributed by atoms with Gasteiger partial charge in [-0.3, -0.25) is 9.00 Å². The maximum absolute atomic E-state index is 12.1. The van der Waals surface area contributed by atoms with Gasteiger partial charge in [-0.2, -0.15) is 0 Å². The summed E-state index contributed by atoms with van der Waals surface area (Å²) in [7, 11) is -1.21. The Balaban J connectivity index is 2.00. The number of carbonyl (C=O) groups is 1. The van der Waals surface area contributed by atoms with Gasteiger partial charge in [0.2, 0.25) is 0 Å². The lowest BCUT2D eigenvalue weighted by Crippen LogP contribution is -2.13. The van der Waals surface area contributed by atoms with Crippen LogP contribution in [0.2, 0.25) is 5.02 Å². The van der Waals surface area contributed by atoms with Gasteiger partial charge >= 0.3 is 0 Å². The molecule has 20 heavy (non-hydrogen) atoms. The number of benzene rings is 2. The smallest absolute Gasteiger partial charge is 0.175 e. The molecule has 0 heterocycles. The average Bonchev–Trinajstić information content (AvgIpc) is 2.41. The van der Waals surface area contributed by atoms with Gasteiger partial charge in [-0.1, -0.05) is 48.0 Å². The molecule has 2 aromatic rings. The lowest BCUT2D eigenvalue weighted by atomic mass is 10.1. The number of halogens is 1. The molecule has 0 saturated carbocycles. The standard InChI is InChI=1S/C16H15ClO2S/c1-12-4-2-3-5-15(12)16(18)11-20(19)10-13-6-8-14(17)9-7-13/h2-9H,10-11H2,1H3. The zero-order valence-corrected chi connectivity index (χ0v) is 12.7. The molecule has 2 nitrogen and oxygen atoms in total. The summed E-state index contributed by atoms with van der Waals surface area (Å²) in [6.45, 7) is 1.88. The van der Waals surface area contributed by atoms with E-state index >= 15 is 0 Å². The van der Waals surface area contributed by atoms with E-state index in [2.05, 4.69) is 0 Å². The van der Waals surface area contributed by atoms with Gasteiger partial charge in [-0.25, -0.2) is 0 Å². The molecule has 0 aliphatic rings. The molecule has 2 rings (SSSR count). The van der Waals surface area contributed by atoms with E-state index in [1.54, 1.807) is 18.2 Å². The van der Waals surface area contributed by atoms with Gasteiger partial charge in [-0.05, 0) is 30.2 Å². The van der Waals surface area contributed by atoms with Crippen molar-refractivity contribution in [3.8, 4) is 0 Å². The van der Waals surface area contributed by atoms with Gasteiger partial charge < -0.3 is 0 Å². The van der Waals surface area contributed by atoms with Crippen LogP contribution < -0.4 is 0 Å². The summed E-state index contributed by atoms with van der Waals surface area (Å²) in [6.07, 6.45) is 0. The molecule has 0 saturated heterocycles. The molecule has 1 atom stereocenters. The van der Waals surface area contributed by atoms with Crippen molar-refractivity contribution in [2.24, 2.45) is 0 Å². The molecule has 0 bridgehead atoms. The Morgan fingerprint density at radius 3 is 2.40 bits per heavy atom. The second-order valence-electron chi connectivity index (χ2n) is 4.59. The maximum atomic E-state index is 12.1. The summed E-state index contributed by atoms with van der Waals surface area (Å²) < 4.78 is 12.0. The number of aryl methyl sites for hydroxylation is 1. The first-order valence-corrected chi connectivity index (χ1v) is 8.11. The Hall–Kier alpha value is -1.45. The second-order valence-corrected chi connectivity index (χ2v) is 6.49. The number of Topliss-reactive ketones (excluding diaryl/α,β-unsaturated/α-hetero) is 1. The molecule has 4 heteroatoms. The van der Waals surface area contributed by atoms with Gasteiger partial charge in [0.05, 0.1) is 5.75 Å². The first kappa shape index (κ1) is 14.9. The van der Waals surface area contributed by atoms with Crippen molar-refractivity contribution in [2.75, 3.05) is 5.75 Å². The molecule has 0 spiro atoms. The highest BCUT2D eigenvalue weighted by Gasteiger charge is 2.12. The van der Waals surface area contributed by atoms with Crippen LogP contribution in [0.1, 0.15) is 21.5 Å². The van der Waals surface area contributed by atoms with Gasteiger partial charge in [-0.15, -0.1) is 0 Å². The summed E-state index contributed by atoms with van der Waals surface area (Å²) in [5.74, 6) is 0.345. The largest absolute Gasteiger partial charge is 0.293 e. The van der Waals surface area contributed by atoms with Gasteiger partial charge in [0.15, 0.2) is 5.78 Å². The van der Waals surface area contributed by atoms with E-state index in [-0.39, 0.29) is 11.5 Å². The Labute approximate surface area is 126 Å². The fourth-order valence-corrected chi connectivity index (χ4v) is 3.17. The highest BCUT2D eigenvalue weighted by atomic mass is 35.5. The molecule has 2 aromatic carbocycles. The van der Waals surface area contributed by atoms with Crippen LogP contribution in [-0.4, -0.2) is 15.7 Å². The molecule has 0 radical (unpaired) electrons. The number of hydrogen-bond acceptors (Lipinski definition) is 2. The van der Waals surface area contributed by atoms with Crippen LogP contribution in [0, 0.1) is 6.92 Å². The van der Waals surface area contributed by atoms with Crippen LogP contribution in [0.5, 0.6) is 0 Å². The number of carbonyl (C=O) groups excluding carboxylic acids is 1. The maximum Gasteiger partial charge on any atom is 0.175 e. The third kappa shape index (κ3) is 4.02. The zero-order chi connectivity index (χ0) is 14.5. The number of hydrogen-bond donors (Lipinski definition) is 0. The first-order chi connectivity index (χ1) is 9.56. The van der Waals surface area contributed by atoms with Crippen molar-refractivity contribution in [2.45, 2.75) is 12.7 Å². The highest BCUT2D eigenvalue weighted by Crippen LogP contribution is 2.13. The van der Waals surface area contributed by atoms with Crippen LogP contribution in [0.4, 0.5) is 0 Å². The highest BCUT2D eigenvalue weighted by molar-refractivity contribution is 7.85. The third-order valence-corrected chi connectivity index (χ3v) is 4.47. The molecule has 104 valence electrons. The van der Waals surface area contributed by atoms with E-state index in [1.807, 2.05) is 37.3 Å². The molecule has 0 N–H and O–H groups in total. The van der Waals surface area contributed by atoms with Crippen molar-refractivity contribution in [3.63, 3.8) is 0 Å². The van der Waals surface area contributed by atoms with Gasteiger partial charge in [0, 0.05) is 27.1 Å². The van der Waals surface area contributed by atoms with Crippen LogP contribution in [0.15, 0.2) is 48.5 Å². The van der Waals surface area contributed by atoms with E-state index in [4.69, 9.17) is 11.6 Å². The zero-order valence-electron chi connectivity index (χ0n) is 11.1. The molecule has 0 fully saturated rings. The summed E-state index contributed by atoms with van der Waals surface area (Å²) in [6, 6.07) is 14.6. The van der Waals surface area contributed by atoms with Crippen molar-refractivity contribution in [1.82, 2.24) is 0 Å². The minimum Gasteiger partial charge on any atom is -0.293 e. The van der Waals surface area contributed by atoms with Crippen molar-refractivity contribution in [1.29, 1.82) is 0 Å². The number of ketones is 1. The van der Waals surface area contributed by atoms with Crippen LogP contribution >= 0.6 is 11.6 Å². The topological polar surface area (TPSA) is 34.1 Å². The van der Waals surface area contributed by atoms with Crippen LogP contribution in [-0.2, 0) is 16.6 Å². The number of rotatable bonds is 5.